The normalized spacial score (nSPS) is 19.8. The first-order valence-corrected chi connectivity index (χ1v) is 16.1. The maximum atomic E-state index is 15.5. The third kappa shape index (κ3) is 5.68. The van der Waals surface area contributed by atoms with E-state index in [1.54, 1.807) is 18.2 Å². The zero-order valence-corrected chi connectivity index (χ0v) is 25.0. The molecule has 0 saturated carbocycles. The molecule has 0 spiro atoms. The Kier molecular flexibility index (Phi) is 7.58. The van der Waals surface area contributed by atoms with Crippen molar-refractivity contribution in [2.45, 2.75) is 45.1 Å². The number of carboxylic acid groups (broad SMARTS) is 1. The number of hydrogen-bond donors (Lipinski definition) is 1. The molecule has 0 radical (unpaired) electrons. The van der Waals surface area contributed by atoms with Crippen LogP contribution in [-0.4, -0.2) is 56.4 Å². The van der Waals surface area contributed by atoms with E-state index in [1.807, 2.05) is 26.0 Å². The van der Waals surface area contributed by atoms with E-state index in [9.17, 15) is 13.2 Å². The monoisotopic (exact) mass is 613 g/mol. The molecule has 2 unspecified atom stereocenters. The van der Waals surface area contributed by atoms with Crippen LogP contribution in [0.15, 0.2) is 36.4 Å². The van der Waals surface area contributed by atoms with Gasteiger partial charge in [0.2, 0.25) is 10.0 Å². The van der Waals surface area contributed by atoms with Crippen LogP contribution in [0.5, 0.6) is 17.2 Å². The number of benzene rings is 3. The van der Waals surface area contributed by atoms with Gasteiger partial charge in [-0.05, 0) is 67.1 Å². The lowest BCUT2D eigenvalue weighted by molar-refractivity contribution is -0.137. The molecule has 0 amide bonds. The van der Waals surface area contributed by atoms with Gasteiger partial charge in [0, 0.05) is 53.7 Å². The zero-order valence-electron chi connectivity index (χ0n) is 24.2. The Morgan fingerprint density at radius 1 is 1.05 bits per heavy atom. The van der Waals surface area contributed by atoms with Crippen LogP contribution in [-0.2, 0) is 21.2 Å². The molecule has 2 atom stereocenters. The van der Waals surface area contributed by atoms with Crippen molar-refractivity contribution >= 4 is 16.0 Å². The van der Waals surface area contributed by atoms with Crippen molar-refractivity contribution in [2.75, 3.05) is 32.6 Å². The van der Waals surface area contributed by atoms with Gasteiger partial charge in [-0.1, -0.05) is 6.07 Å². The number of sulfonamides is 1. The fourth-order valence-electron chi connectivity index (χ4n) is 6.49. The molecule has 2 aliphatic heterocycles. The number of hydrogen-bond acceptors (Lipinski definition) is 6. The quantitative estimate of drug-likeness (QED) is 0.338. The predicted octanol–water partition coefficient (Wildman–Crippen LogP) is 5.54. The van der Waals surface area contributed by atoms with E-state index in [0.29, 0.717) is 72.0 Å². The number of carboxylic acids is 1. The van der Waals surface area contributed by atoms with Gasteiger partial charge in [0.25, 0.3) is 0 Å². The van der Waals surface area contributed by atoms with Crippen LogP contribution in [0.4, 0.5) is 8.78 Å². The van der Waals surface area contributed by atoms with Crippen LogP contribution < -0.4 is 14.2 Å². The van der Waals surface area contributed by atoms with Crippen LogP contribution in [0.2, 0.25) is 0 Å². The van der Waals surface area contributed by atoms with E-state index in [1.165, 1.54) is 10.6 Å². The fraction of sp³-hybridized carbons (Fsp3) is 0.406. The molecule has 1 saturated heterocycles. The summed E-state index contributed by atoms with van der Waals surface area (Å²) in [5.41, 5.74) is 4.33. The van der Waals surface area contributed by atoms with Crippen LogP contribution >= 0.6 is 0 Å². The summed E-state index contributed by atoms with van der Waals surface area (Å²) in [6.45, 7) is 5.23. The van der Waals surface area contributed by atoms with Crippen molar-refractivity contribution < 1.29 is 41.3 Å². The number of carbonyl (C=O) groups is 1. The topological polar surface area (TPSA) is 102 Å². The Bertz CT molecular complexity index is 1700. The molecule has 6 rings (SSSR count). The van der Waals surface area contributed by atoms with E-state index in [2.05, 4.69) is 0 Å². The van der Waals surface area contributed by atoms with Crippen molar-refractivity contribution in [1.82, 2.24) is 4.31 Å². The van der Waals surface area contributed by atoms with Crippen molar-refractivity contribution in [3.8, 4) is 28.4 Å². The molecule has 8 nitrogen and oxygen atoms in total. The first-order valence-electron chi connectivity index (χ1n) is 14.2. The van der Waals surface area contributed by atoms with Crippen molar-refractivity contribution in [3.63, 3.8) is 0 Å². The van der Waals surface area contributed by atoms with E-state index in [-0.39, 0.29) is 24.9 Å². The maximum absolute atomic E-state index is 15.5. The molecule has 11 heteroatoms. The summed E-state index contributed by atoms with van der Waals surface area (Å²) < 4.78 is 73.3. The molecule has 43 heavy (non-hydrogen) atoms. The maximum Gasteiger partial charge on any atom is 0.304 e. The lowest BCUT2D eigenvalue weighted by atomic mass is 9.89. The van der Waals surface area contributed by atoms with Gasteiger partial charge >= 0.3 is 5.97 Å². The van der Waals surface area contributed by atoms with Gasteiger partial charge in [0.1, 0.15) is 35.0 Å². The minimum absolute atomic E-state index is 0.0284. The van der Waals surface area contributed by atoms with E-state index >= 15 is 8.78 Å². The zero-order chi connectivity index (χ0) is 30.6. The van der Waals surface area contributed by atoms with Gasteiger partial charge in [0.05, 0.1) is 25.9 Å². The molecule has 3 aliphatic rings. The summed E-state index contributed by atoms with van der Waals surface area (Å²) in [6, 6.07) is 9.80. The highest BCUT2D eigenvalue weighted by atomic mass is 32.2. The van der Waals surface area contributed by atoms with Crippen LogP contribution in [0, 0.1) is 31.4 Å². The number of ether oxygens (including phenoxy) is 3. The summed E-state index contributed by atoms with van der Waals surface area (Å²) in [6.07, 6.45) is 1.44. The summed E-state index contributed by atoms with van der Waals surface area (Å²) in [7, 11) is -3.19. The van der Waals surface area contributed by atoms with E-state index in [0.717, 1.165) is 22.8 Å². The summed E-state index contributed by atoms with van der Waals surface area (Å²) in [5.74, 6) is -0.678. The third-order valence-corrected chi connectivity index (χ3v) is 9.79. The Balaban J connectivity index is 1.22. The first kappa shape index (κ1) is 29.4. The number of aliphatic carboxylic acids is 1. The molecule has 1 fully saturated rings. The minimum atomic E-state index is -3.19. The molecule has 3 aromatic carbocycles. The van der Waals surface area contributed by atoms with Crippen molar-refractivity contribution in [2.24, 2.45) is 5.92 Å². The molecule has 0 bridgehead atoms. The smallest absolute Gasteiger partial charge is 0.304 e. The number of rotatable bonds is 9. The number of nitrogens with zero attached hydrogens (tertiary/aromatic N) is 1. The second kappa shape index (κ2) is 11.1. The Morgan fingerprint density at radius 2 is 1.77 bits per heavy atom. The van der Waals surface area contributed by atoms with Crippen molar-refractivity contribution in [3.05, 3.63) is 75.8 Å². The van der Waals surface area contributed by atoms with Gasteiger partial charge in [-0.25, -0.2) is 21.5 Å². The van der Waals surface area contributed by atoms with E-state index in [4.69, 9.17) is 19.3 Å². The van der Waals surface area contributed by atoms with Crippen LogP contribution in [0.3, 0.4) is 0 Å². The fourth-order valence-corrected chi connectivity index (χ4v) is 7.45. The number of halogens is 2. The molecule has 1 aliphatic carbocycles. The number of aryl methyl sites for hydroxylation is 2. The second-order valence-electron chi connectivity index (χ2n) is 11.7. The minimum Gasteiger partial charge on any atom is -0.493 e. The molecule has 3 aromatic rings. The largest absolute Gasteiger partial charge is 0.493 e. The van der Waals surface area contributed by atoms with Crippen LogP contribution in [0.1, 0.15) is 52.7 Å². The van der Waals surface area contributed by atoms with Gasteiger partial charge in [-0.15, -0.1) is 0 Å². The van der Waals surface area contributed by atoms with Gasteiger partial charge in [0.15, 0.2) is 0 Å². The standard InChI is InChI=1S/C32H33F2NO7S/c1-17-8-22(40-15-19-13-35(14-19)43(3,38)39)9-18(2)30(17)32-24-6-7-27(31(24)25(33)12-26(32)34)42-21-4-5-23-20(10-29(36)37)16-41-28(23)11-21/h4-5,8-9,11-12,19-20,27H,6-7,10,13-16H2,1-3H3,(H,36,37). The molecular formula is C32H33F2NO7S. The SMILES string of the molecule is Cc1cc(OCC2CN(S(C)(=O)=O)C2)cc(C)c1-c1c(F)cc(F)c2c1CCC2Oc1ccc2c(c1)OCC2CC(=O)O. The van der Waals surface area contributed by atoms with E-state index < -0.39 is 33.7 Å². The molecular weight excluding hydrogens is 580 g/mol. The van der Waals surface area contributed by atoms with Gasteiger partial charge in [-0.3, -0.25) is 4.79 Å². The highest BCUT2D eigenvalue weighted by Gasteiger charge is 2.35. The molecule has 2 heterocycles. The Hall–Kier alpha value is -3.70. The second-order valence-corrected chi connectivity index (χ2v) is 13.7. The summed E-state index contributed by atoms with van der Waals surface area (Å²) >= 11 is 0. The van der Waals surface area contributed by atoms with Crippen LogP contribution in [0.25, 0.3) is 11.1 Å². The average Bonchev–Trinajstić information content (AvgIpc) is 3.47. The average molecular weight is 614 g/mol. The molecule has 228 valence electrons. The van der Waals surface area contributed by atoms with Crippen molar-refractivity contribution in [1.29, 1.82) is 0 Å². The highest BCUT2D eigenvalue weighted by Crippen LogP contribution is 2.46. The molecule has 1 N–H and O–H groups in total. The van der Waals surface area contributed by atoms with Gasteiger partial charge in [-0.2, -0.15) is 0 Å². The Labute approximate surface area is 249 Å². The lowest BCUT2D eigenvalue weighted by Gasteiger charge is -2.36. The third-order valence-electron chi connectivity index (χ3n) is 8.55. The van der Waals surface area contributed by atoms with Gasteiger partial charge < -0.3 is 19.3 Å². The lowest BCUT2D eigenvalue weighted by Crippen LogP contribution is -2.51. The first-order chi connectivity index (χ1) is 20.4. The number of fused-ring (bicyclic) bond motifs is 2. The Morgan fingerprint density at radius 3 is 2.44 bits per heavy atom. The predicted molar refractivity (Wildman–Crippen MR) is 155 cm³/mol. The highest BCUT2D eigenvalue weighted by molar-refractivity contribution is 7.88. The summed E-state index contributed by atoms with van der Waals surface area (Å²) in [4.78, 5) is 11.2. The summed E-state index contributed by atoms with van der Waals surface area (Å²) in [5, 5.41) is 9.15. The molecule has 0 aromatic heterocycles.